The van der Waals surface area contributed by atoms with E-state index in [1.165, 1.54) is 11.1 Å². The third kappa shape index (κ3) is 3.43. The molecule has 1 saturated heterocycles. The Bertz CT molecular complexity index is 658. The van der Waals surface area contributed by atoms with Crippen molar-refractivity contribution in [3.05, 3.63) is 33.7 Å². The Balaban J connectivity index is 1.46. The lowest BCUT2D eigenvalue weighted by molar-refractivity contribution is 0.142. The molecule has 0 saturated carbocycles. The summed E-state index contributed by atoms with van der Waals surface area (Å²) in [6.45, 7) is 4.60. The summed E-state index contributed by atoms with van der Waals surface area (Å²) < 4.78 is 5.43. The number of anilines is 2. The topological polar surface area (TPSA) is 89.5 Å². The highest BCUT2D eigenvalue weighted by molar-refractivity contribution is 6.04. The second-order valence-corrected chi connectivity index (χ2v) is 6.68. The van der Waals surface area contributed by atoms with E-state index >= 15 is 0 Å². The van der Waals surface area contributed by atoms with E-state index in [0.717, 1.165) is 63.6 Å². The van der Waals surface area contributed by atoms with Crippen LogP contribution in [0.2, 0.25) is 0 Å². The first-order valence-electron chi connectivity index (χ1n) is 8.94. The number of hydrogen-bond donors (Lipinski definition) is 1. The van der Waals surface area contributed by atoms with Gasteiger partial charge >= 0.3 is 0 Å². The zero-order chi connectivity index (χ0) is 17.2. The van der Waals surface area contributed by atoms with Gasteiger partial charge in [0, 0.05) is 26.2 Å². The number of aryl methyl sites for hydroxylation is 2. The van der Waals surface area contributed by atoms with Crippen LogP contribution in [0.3, 0.4) is 0 Å². The largest absolute Gasteiger partial charge is 0.752 e. The summed E-state index contributed by atoms with van der Waals surface area (Å²) in [5, 5.41) is 26.3. The highest BCUT2D eigenvalue weighted by Gasteiger charge is 2.22. The van der Waals surface area contributed by atoms with Crippen LogP contribution in [-0.4, -0.2) is 50.3 Å². The molecule has 1 aliphatic carbocycles. The van der Waals surface area contributed by atoms with E-state index in [-0.39, 0.29) is 5.96 Å². The van der Waals surface area contributed by atoms with Gasteiger partial charge in [-0.15, -0.1) is 0 Å². The van der Waals surface area contributed by atoms with Gasteiger partial charge in [0.1, 0.15) is 0 Å². The van der Waals surface area contributed by atoms with E-state index in [1.807, 2.05) is 12.1 Å². The van der Waals surface area contributed by atoms with E-state index in [4.69, 9.17) is 4.74 Å². The molecule has 1 N–H and O–H groups in total. The molecule has 25 heavy (non-hydrogen) atoms. The number of fused-ring (bicyclic) bond motifs is 2. The minimum Gasteiger partial charge on any atom is -0.752 e. The predicted molar refractivity (Wildman–Crippen MR) is 97.5 cm³/mol. The highest BCUT2D eigenvalue weighted by atomic mass is 16.6. The molecule has 0 aromatic heterocycles. The van der Waals surface area contributed by atoms with Crippen molar-refractivity contribution in [2.24, 2.45) is 4.99 Å². The van der Waals surface area contributed by atoms with Crippen LogP contribution in [0, 0.1) is 10.4 Å². The lowest BCUT2D eigenvalue weighted by Crippen LogP contribution is -2.51. The Morgan fingerprint density at radius 1 is 1.04 bits per heavy atom. The molecule has 0 radical (unpaired) electrons. The average molecular weight is 345 g/mol. The van der Waals surface area contributed by atoms with Gasteiger partial charge in [0.15, 0.2) is 0 Å². The molecule has 1 aromatic carbocycles. The molecule has 8 heteroatoms. The summed E-state index contributed by atoms with van der Waals surface area (Å²) in [5.41, 5.74) is 5.65. The number of hydrazine groups is 1. The van der Waals surface area contributed by atoms with Crippen molar-refractivity contribution in [2.75, 3.05) is 49.6 Å². The third-order valence-corrected chi connectivity index (χ3v) is 5.01. The van der Waals surface area contributed by atoms with Crippen LogP contribution < -0.4 is 15.7 Å². The Morgan fingerprint density at radius 3 is 2.68 bits per heavy atom. The van der Waals surface area contributed by atoms with E-state index in [1.54, 1.807) is 0 Å². The van der Waals surface area contributed by atoms with Gasteiger partial charge in [0.2, 0.25) is 5.96 Å². The Hall–Kier alpha value is -1.87. The number of nitrogens with one attached hydrogen (secondary N) is 1. The number of hydroxylamine groups is 1. The molecule has 1 aromatic rings. The van der Waals surface area contributed by atoms with E-state index in [2.05, 4.69) is 15.3 Å². The average Bonchev–Trinajstić information content (AvgIpc) is 2.92. The first kappa shape index (κ1) is 16.6. The summed E-state index contributed by atoms with van der Waals surface area (Å²) in [6.07, 6.45) is 4.02. The fourth-order valence-corrected chi connectivity index (χ4v) is 3.65. The molecule has 2 aliphatic heterocycles. The third-order valence-electron chi connectivity index (χ3n) is 5.01. The number of nitrogens with zero attached hydrogens (tertiary/aromatic N) is 4. The first-order chi connectivity index (χ1) is 12.2. The molecule has 0 atom stereocenters. The van der Waals surface area contributed by atoms with Crippen molar-refractivity contribution >= 4 is 17.3 Å². The lowest BCUT2D eigenvalue weighted by atomic mass is 10.1. The van der Waals surface area contributed by atoms with Crippen molar-refractivity contribution in [1.82, 2.24) is 10.3 Å². The lowest BCUT2D eigenvalue weighted by Gasteiger charge is -2.46. The number of rotatable bonds is 3. The molecule has 1 fully saturated rings. The van der Waals surface area contributed by atoms with Crippen LogP contribution in [0.1, 0.15) is 24.0 Å². The smallest absolute Gasteiger partial charge is 0.206 e. The van der Waals surface area contributed by atoms with Crippen molar-refractivity contribution in [3.63, 3.8) is 0 Å². The maximum atomic E-state index is 12.6. The Kier molecular flexibility index (Phi) is 4.76. The number of guanidine groups is 1. The second kappa shape index (κ2) is 7.17. The van der Waals surface area contributed by atoms with E-state index in [0.29, 0.717) is 23.1 Å². The predicted octanol–water partition coefficient (Wildman–Crippen LogP) is 1.38. The van der Waals surface area contributed by atoms with Gasteiger partial charge < -0.3 is 25.4 Å². The standard InChI is InChI=1S/C17H23N5O3/c23-21-15-11-13-3-1-4-14(13)12-16(15)22(24)19-17(21)18-5-7-20-6-2-9-25-10-8-20/h11-12H,1-10H2,(H,18,19)/q-2. The van der Waals surface area contributed by atoms with Crippen LogP contribution in [0.25, 0.3) is 0 Å². The van der Waals surface area contributed by atoms with Crippen molar-refractivity contribution in [2.45, 2.75) is 25.7 Å². The first-order valence-corrected chi connectivity index (χ1v) is 8.94. The van der Waals surface area contributed by atoms with Crippen LogP contribution in [0.5, 0.6) is 0 Å². The van der Waals surface area contributed by atoms with Crippen LogP contribution >= 0.6 is 0 Å². The van der Waals surface area contributed by atoms with Gasteiger partial charge in [-0.05, 0) is 48.9 Å². The fraction of sp³-hybridized carbons (Fsp3) is 0.588. The molecular formula is C17H23N5O3-2. The van der Waals surface area contributed by atoms with Crippen molar-refractivity contribution in [3.8, 4) is 0 Å². The minimum absolute atomic E-state index is 0.0616. The van der Waals surface area contributed by atoms with Gasteiger partial charge in [0.25, 0.3) is 0 Å². The molecule has 0 amide bonds. The van der Waals surface area contributed by atoms with Gasteiger partial charge in [0.05, 0.1) is 24.5 Å². The molecule has 2 heterocycles. The number of hydrogen-bond acceptors (Lipinski definition) is 6. The van der Waals surface area contributed by atoms with Crippen molar-refractivity contribution < 1.29 is 4.74 Å². The number of ether oxygens (including phenoxy) is 1. The molecule has 4 rings (SSSR count). The number of aliphatic imine (C=N–C) groups is 1. The Morgan fingerprint density at radius 2 is 1.84 bits per heavy atom. The normalized spacial score (nSPS) is 22.6. The molecule has 0 bridgehead atoms. The van der Waals surface area contributed by atoms with Crippen molar-refractivity contribution in [1.29, 1.82) is 0 Å². The zero-order valence-electron chi connectivity index (χ0n) is 14.2. The summed E-state index contributed by atoms with van der Waals surface area (Å²) in [5.74, 6) is 0.0616. The monoisotopic (exact) mass is 345 g/mol. The Labute approximate surface area is 147 Å². The summed E-state index contributed by atoms with van der Waals surface area (Å²) in [4.78, 5) is 6.60. The molecule has 3 aliphatic rings. The summed E-state index contributed by atoms with van der Waals surface area (Å²) >= 11 is 0. The van der Waals surface area contributed by atoms with Gasteiger partial charge in [-0.1, -0.05) is 0 Å². The molecule has 0 unspecified atom stereocenters. The quantitative estimate of drug-likeness (QED) is 0.885. The maximum absolute atomic E-state index is 12.6. The SMILES string of the molecule is [O-]N1NC(=NCCN2CCCOCC2)N([O-])c2cc3c(cc21)CCC3. The van der Waals surface area contributed by atoms with Crippen LogP contribution in [0.15, 0.2) is 17.1 Å². The fourth-order valence-electron chi connectivity index (χ4n) is 3.65. The van der Waals surface area contributed by atoms with Gasteiger partial charge in [-0.3, -0.25) is 15.3 Å². The van der Waals surface area contributed by atoms with Crippen LogP contribution in [0.4, 0.5) is 11.4 Å². The van der Waals surface area contributed by atoms with E-state index < -0.39 is 0 Å². The van der Waals surface area contributed by atoms with Gasteiger partial charge in [-0.25, -0.2) is 0 Å². The minimum atomic E-state index is 0.0616. The molecule has 136 valence electrons. The van der Waals surface area contributed by atoms with Gasteiger partial charge in [-0.2, -0.15) is 0 Å². The summed E-state index contributed by atoms with van der Waals surface area (Å²) in [7, 11) is 0. The second-order valence-electron chi connectivity index (χ2n) is 6.68. The summed E-state index contributed by atoms with van der Waals surface area (Å²) in [6, 6.07) is 3.68. The van der Waals surface area contributed by atoms with Crippen LogP contribution in [-0.2, 0) is 17.6 Å². The molecule has 0 spiro atoms. The maximum Gasteiger partial charge on any atom is 0.206 e. The van der Waals surface area contributed by atoms with E-state index in [9.17, 15) is 10.4 Å². The zero-order valence-corrected chi connectivity index (χ0v) is 14.2. The molecular weight excluding hydrogens is 322 g/mol. The molecule has 8 nitrogen and oxygen atoms in total. The highest BCUT2D eigenvalue weighted by Crippen LogP contribution is 2.37. The number of benzene rings is 1.